The average Bonchev–Trinajstić information content (AvgIpc) is 2.94. The van der Waals surface area contributed by atoms with Crippen LogP contribution in [0.1, 0.15) is 11.6 Å². The molecule has 5 heteroatoms. The number of rotatable bonds is 3. The van der Waals surface area contributed by atoms with E-state index in [0.717, 1.165) is 11.3 Å². The summed E-state index contributed by atoms with van der Waals surface area (Å²) in [5.74, 6) is 1.37. The van der Waals surface area contributed by atoms with E-state index in [0.29, 0.717) is 16.5 Å². The number of ether oxygens (including phenoxy) is 2. The van der Waals surface area contributed by atoms with Gasteiger partial charge >= 0.3 is 0 Å². The molecule has 0 spiro atoms. The molecule has 0 bridgehead atoms. The predicted molar refractivity (Wildman–Crippen MR) is 76.0 cm³/mol. The van der Waals surface area contributed by atoms with Gasteiger partial charge in [-0.05, 0) is 42.0 Å². The third kappa shape index (κ3) is 2.49. The van der Waals surface area contributed by atoms with Crippen molar-refractivity contribution in [2.24, 2.45) is 0 Å². The SMILES string of the molecule is N#CC(Nc1ccc(Cl)cc1)c1ccc2c(c1)OCO2. The third-order valence-electron chi connectivity index (χ3n) is 3.01. The van der Waals surface area contributed by atoms with Gasteiger partial charge < -0.3 is 14.8 Å². The summed E-state index contributed by atoms with van der Waals surface area (Å²) < 4.78 is 10.6. The average molecular weight is 287 g/mol. The standard InChI is InChI=1S/C15H11ClN2O2/c16-11-2-4-12(5-3-11)18-13(8-17)10-1-6-14-15(7-10)20-9-19-14/h1-7,13,18H,9H2. The first-order chi connectivity index (χ1) is 9.76. The van der Waals surface area contributed by atoms with Gasteiger partial charge in [0.1, 0.15) is 6.04 Å². The lowest BCUT2D eigenvalue weighted by atomic mass is 10.1. The van der Waals surface area contributed by atoms with E-state index in [1.54, 1.807) is 12.1 Å². The van der Waals surface area contributed by atoms with Crippen LogP contribution in [0.25, 0.3) is 0 Å². The van der Waals surface area contributed by atoms with Gasteiger partial charge in [0.25, 0.3) is 0 Å². The Morgan fingerprint density at radius 2 is 1.85 bits per heavy atom. The van der Waals surface area contributed by atoms with Gasteiger partial charge in [-0.2, -0.15) is 5.26 Å². The van der Waals surface area contributed by atoms with Crippen LogP contribution in [0.4, 0.5) is 5.69 Å². The fourth-order valence-electron chi connectivity index (χ4n) is 2.00. The molecule has 0 radical (unpaired) electrons. The van der Waals surface area contributed by atoms with E-state index in [1.807, 2.05) is 30.3 Å². The van der Waals surface area contributed by atoms with Crippen molar-refractivity contribution in [3.05, 3.63) is 53.1 Å². The largest absolute Gasteiger partial charge is 0.454 e. The maximum Gasteiger partial charge on any atom is 0.231 e. The van der Waals surface area contributed by atoms with Crippen LogP contribution in [0.15, 0.2) is 42.5 Å². The summed E-state index contributed by atoms with van der Waals surface area (Å²) in [7, 11) is 0. The van der Waals surface area contributed by atoms with E-state index >= 15 is 0 Å². The van der Waals surface area contributed by atoms with Gasteiger partial charge in [-0.15, -0.1) is 0 Å². The van der Waals surface area contributed by atoms with Crippen molar-refractivity contribution in [2.75, 3.05) is 12.1 Å². The number of fused-ring (bicyclic) bond motifs is 1. The van der Waals surface area contributed by atoms with Crippen molar-refractivity contribution >= 4 is 17.3 Å². The number of halogens is 1. The quantitative estimate of drug-likeness (QED) is 0.934. The molecule has 3 rings (SSSR count). The normalized spacial score (nSPS) is 13.6. The number of nitriles is 1. The summed E-state index contributed by atoms with van der Waals surface area (Å²) in [6.45, 7) is 0.223. The minimum atomic E-state index is -0.467. The Balaban J connectivity index is 1.83. The second kappa shape index (κ2) is 5.32. The zero-order valence-corrected chi connectivity index (χ0v) is 11.2. The molecular weight excluding hydrogens is 276 g/mol. The highest BCUT2D eigenvalue weighted by molar-refractivity contribution is 6.30. The van der Waals surface area contributed by atoms with Gasteiger partial charge in [-0.25, -0.2) is 0 Å². The Kier molecular flexibility index (Phi) is 3.36. The minimum absolute atomic E-state index is 0.223. The second-order valence-electron chi connectivity index (χ2n) is 4.33. The number of nitrogens with zero attached hydrogens (tertiary/aromatic N) is 1. The van der Waals surface area contributed by atoms with Gasteiger partial charge in [-0.3, -0.25) is 0 Å². The summed E-state index contributed by atoms with van der Waals surface area (Å²) >= 11 is 5.84. The van der Waals surface area contributed by atoms with E-state index < -0.39 is 6.04 Å². The molecule has 20 heavy (non-hydrogen) atoms. The lowest BCUT2D eigenvalue weighted by molar-refractivity contribution is 0.174. The molecule has 0 fully saturated rings. The highest BCUT2D eigenvalue weighted by Crippen LogP contribution is 2.34. The summed E-state index contributed by atoms with van der Waals surface area (Å²) in [6, 6.07) is 14.5. The van der Waals surface area contributed by atoms with Gasteiger partial charge in [0.05, 0.1) is 6.07 Å². The first-order valence-electron chi connectivity index (χ1n) is 6.07. The molecule has 1 N–H and O–H groups in total. The van der Waals surface area contributed by atoms with E-state index in [2.05, 4.69) is 11.4 Å². The Labute approximate surface area is 121 Å². The van der Waals surface area contributed by atoms with E-state index in [1.165, 1.54) is 0 Å². The third-order valence-corrected chi connectivity index (χ3v) is 3.27. The fraction of sp³-hybridized carbons (Fsp3) is 0.133. The molecular formula is C15H11ClN2O2. The highest BCUT2D eigenvalue weighted by Gasteiger charge is 2.17. The van der Waals surface area contributed by atoms with Crippen LogP contribution in [0.5, 0.6) is 11.5 Å². The summed E-state index contributed by atoms with van der Waals surface area (Å²) in [6.07, 6.45) is 0. The van der Waals surface area contributed by atoms with Crippen LogP contribution in [-0.2, 0) is 0 Å². The Morgan fingerprint density at radius 1 is 1.10 bits per heavy atom. The smallest absolute Gasteiger partial charge is 0.231 e. The van der Waals surface area contributed by atoms with Crippen molar-refractivity contribution in [1.82, 2.24) is 0 Å². The number of hydrogen-bond donors (Lipinski definition) is 1. The molecule has 1 aliphatic rings. The molecule has 2 aromatic carbocycles. The van der Waals surface area contributed by atoms with Crippen molar-refractivity contribution in [3.8, 4) is 17.6 Å². The van der Waals surface area contributed by atoms with Crippen LogP contribution >= 0.6 is 11.6 Å². The first kappa shape index (κ1) is 12.6. The Morgan fingerprint density at radius 3 is 2.60 bits per heavy atom. The van der Waals surface area contributed by atoms with Gasteiger partial charge in [0.15, 0.2) is 11.5 Å². The molecule has 1 atom stereocenters. The first-order valence-corrected chi connectivity index (χ1v) is 6.45. The monoisotopic (exact) mass is 286 g/mol. The molecule has 1 aliphatic heterocycles. The van der Waals surface area contributed by atoms with Crippen LogP contribution < -0.4 is 14.8 Å². The molecule has 1 heterocycles. The fourth-order valence-corrected chi connectivity index (χ4v) is 2.12. The molecule has 1 unspecified atom stereocenters. The van der Waals surface area contributed by atoms with Crippen molar-refractivity contribution in [3.63, 3.8) is 0 Å². The summed E-state index contributed by atoms with van der Waals surface area (Å²) in [4.78, 5) is 0. The van der Waals surface area contributed by atoms with Crippen LogP contribution in [0.2, 0.25) is 5.02 Å². The highest BCUT2D eigenvalue weighted by atomic mass is 35.5. The van der Waals surface area contributed by atoms with Gasteiger partial charge in [0.2, 0.25) is 6.79 Å². The van der Waals surface area contributed by atoms with Gasteiger partial charge in [0, 0.05) is 10.7 Å². The lowest BCUT2D eigenvalue weighted by Gasteiger charge is -2.13. The maximum absolute atomic E-state index is 9.33. The number of anilines is 1. The molecule has 0 aromatic heterocycles. The van der Waals surface area contributed by atoms with Crippen LogP contribution in [-0.4, -0.2) is 6.79 Å². The molecule has 4 nitrogen and oxygen atoms in total. The van der Waals surface area contributed by atoms with Crippen molar-refractivity contribution < 1.29 is 9.47 Å². The predicted octanol–water partition coefficient (Wildman–Crippen LogP) is 3.75. The van der Waals surface area contributed by atoms with Crippen LogP contribution in [0, 0.1) is 11.3 Å². The Bertz CT molecular complexity index is 665. The molecule has 100 valence electrons. The van der Waals surface area contributed by atoms with Crippen molar-refractivity contribution in [1.29, 1.82) is 5.26 Å². The van der Waals surface area contributed by atoms with E-state index in [9.17, 15) is 5.26 Å². The molecule has 0 saturated heterocycles. The number of benzene rings is 2. The molecule has 0 saturated carbocycles. The second-order valence-corrected chi connectivity index (χ2v) is 4.76. The van der Waals surface area contributed by atoms with E-state index in [4.69, 9.17) is 21.1 Å². The number of nitrogens with one attached hydrogen (secondary N) is 1. The molecule has 0 amide bonds. The zero-order valence-electron chi connectivity index (χ0n) is 10.5. The Hall–Kier alpha value is -2.38. The summed E-state index contributed by atoms with van der Waals surface area (Å²) in [5.41, 5.74) is 1.66. The minimum Gasteiger partial charge on any atom is -0.454 e. The number of hydrogen-bond acceptors (Lipinski definition) is 4. The molecule has 0 aliphatic carbocycles. The van der Waals surface area contributed by atoms with E-state index in [-0.39, 0.29) is 6.79 Å². The zero-order chi connectivity index (χ0) is 13.9. The van der Waals surface area contributed by atoms with Crippen LogP contribution in [0.3, 0.4) is 0 Å². The molecule has 2 aromatic rings. The topological polar surface area (TPSA) is 54.3 Å². The maximum atomic E-state index is 9.33. The lowest BCUT2D eigenvalue weighted by Crippen LogP contribution is -2.08. The summed E-state index contributed by atoms with van der Waals surface area (Å²) in [5, 5.41) is 13.1. The van der Waals surface area contributed by atoms with Crippen molar-refractivity contribution in [2.45, 2.75) is 6.04 Å². The van der Waals surface area contributed by atoms with Gasteiger partial charge in [-0.1, -0.05) is 17.7 Å².